The fourth-order valence-corrected chi connectivity index (χ4v) is 2.72. The highest BCUT2D eigenvalue weighted by Crippen LogP contribution is 2.25. The van der Waals surface area contributed by atoms with Crippen molar-refractivity contribution in [2.24, 2.45) is 0 Å². The Bertz CT molecular complexity index is 489. The van der Waals surface area contributed by atoms with Gasteiger partial charge in [-0.3, -0.25) is 9.69 Å². The van der Waals surface area contributed by atoms with Crippen LogP contribution in [0.1, 0.15) is 30.4 Å². The second-order valence-electron chi connectivity index (χ2n) is 5.11. The summed E-state index contributed by atoms with van der Waals surface area (Å²) in [6, 6.07) is -0.0941. The zero-order valence-corrected chi connectivity index (χ0v) is 10.7. The summed E-state index contributed by atoms with van der Waals surface area (Å²) in [5, 5.41) is 0. The van der Waals surface area contributed by atoms with Gasteiger partial charge in [0.05, 0.1) is 5.69 Å². The van der Waals surface area contributed by atoms with Crippen molar-refractivity contribution in [2.45, 2.75) is 45.4 Å². The summed E-state index contributed by atoms with van der Waals surface area (Å²) in [6.07, 6.45) is 3.65. The monoisotopic (exact) mass is 247 g/mol. The maximum absolute atomic E-state index is 11.8. The van der Waals surface area contributed by atoms with Crippen LogP contribution >= 0.6 is 0 Å². The summed E-state index contributed by atoms with van der Waals surface area (Å²) in [6.45, 7) is 5.45. The summed E-state index contributed by atoms with van der Waals surface area (Å²) in [5.41, 5.74) is 2.26. The molecule has 1 fully saturated rings. The molecular weight excluding hydrogens is 230 g/mol. The molecule has 5 nitrogen and oxygen atoms in total. The van der Waals surface area contributed by atoms with Crippen LogP contribution in [0, 0.1) is 6.92 Å². The Balaban J connectivity index is 1.80. The summed E-state index contributed by atoms with van der Waals surface area (Å²) >= 11 is 0. The van der Waals surface area contributed by atoms with Gasteiger partial charge in [0.25, 0.3) is 0 Å². The molecule has 0 spiro atoms. The first-order valence-electron chi connectivity index (χ1n) is 6.39. The molecular formula is C13H17N3O2. The number of ether oxygens (including phenoxy) is 1. The molecule has 0 aliphatic carbocycles. The van der Waals surface area contributed by atoms with Crippen LogP contribution in [0.25, 0.3) is 0 Å². The van der Waals surface area contributed by atoms with Gasteiger partial charge in [-0.25, -0.2) is 9.97 Å². The molecule has 0 amide bonds. The van der Waals surface area contributed by atoms with E-state index >= 15 is 0 Å². The summed E-state index contributed by atoms with van der Waals surface area (Å²) in [5.74, 6) is 0.703. The third-order valence-corrected chi connectivity index (χ3v) is 3.68. The van der Waals surface area contributed by atoms with E-state index in [-0.39, 0.29) is 18.1 Å². The number of carbonyl (C=O) groups is 1. The molecule has 3 heterocycles. The molecule has 1 aromatic rings. The van der Waals surface area contributed by atoms with Crippen LogP contribution in [-0.4, -0.2) is 39.5 Å². The first-order chi connectivity index (χ1) is 8.63. The maximum atomic E-state index is 11.8. The number of nitrogens with zero attached hydrogens (tertiary/aromatic N) is 3. The third kappa shape index (κ3) is 1.99. The van der Waals surface area contributed by atoms with E-state index in [4.69, 9.17) is 4.74 Å². The summed E-state index contributed by atoms with van der Waals surface area (Å²) in [7, 11) is 0. The molecule has 0 bridgehead atoms. The van der Waals surface area contributed by atoms with Gasteiger partial charge >= 0.3 is 5.97 Å². The van der Waals surface area contributed by atoms with Crippen molar-refractivity contribution in [3.05, 3.63) is 23.3 Å². The first kappa shape index (κ1) is 11.6. The van der Waals surface area contributed by atoms with E-state index in [9.17, 15) is 4.79 Å². The molecule has 2 aliphatic rings. The van der Waals surface area contributed by atoms with Crippen LogP contribution in [0.15, 0.2) is 6.20 Å². The quantitative estimate of drug-likeness (QED) is 0.689. The highest BCUT2D eigenvalue weighted by Gasteiger charge is 2.37. The number of aromatic nitrogens is 2. The number of esters is 1. The zero-order valence-electron chi connectivity index (χ0n) is 10.7. The van der Waals surface area contributed by atoms with Gasteiger partial charge in [-0.2, -0.15) is 0 Å². The SMILES string of the molecule is Cc1ncc2c(n1)CN([C@@H]1C[C@H](C)OC1=O)CC2. The predicted octanol–water partition coefficient (Wildman–Crippen LogP) is 0.847. The molecule has 0 saturated carbocycles. The number of aryl methyl sites for hydroxylation is 1. The molecule has 1 saturated heterocycles. The van der Waals surface area contributed by atoms with E-state index in [0.717, 1.165) is 37.4 Å². The lowest BCUT2D eigenvalue weighted by Gasteiger charge is -2.30. The smallest absolute Gasteiger partial charge is 0.323 e. The fraction of sp³-hybridized carbons (Fsp3) is 0.615. The van der Waals surface area contributed by atoms with Gasteiger partial charge in [0.1, 0.15) is 18.0 Å². The number of rotatable bonds is 1. The Hall–Kier alpha value is -1.49. The Morgan fingerprint density at radius 2 is 2.33 bits per heavy atom. The van der Waals surface area contributed by atoms with Crippen molar-refractivity contribution in [2.75, 3.05) is 6.54 Å². The van der Waals surface area contributed by atoms with Gasteiger partial charge in [0.15, 0.2) is 0 Å². The molecule has 0 aromatic carbocycles. The van der Waals surface area contributed by atoms with Crippen LogP contribution < -0.4 is 0 Å². The van der Waals surface area contributed by atoms with Crippen LogP contribution in [0.2, 0.25) is 0 Å². The Morgan fingerprint density at radius 3 is 3.06 bits per heavy atom. The number of cyclic esters (lactones) is 1. The second kappa shape index (κ2) is 4.31. The largest absolute Gasteiger partial charge is 0.461 e. The van der Waals surface area contributed by atoms with Gasteiger partial charge in [-0.1, -0.05) is 0 Å². The molecule has 0 unspecified atom stereocenters. The number of hydrogen-bond donors (Lipinski definition) is 0. The minimum Gasteiger partial charge on any atom is -0.461 e. The van der Waals surface area contributed by atoms with Crippen molar-refractivity contribution < 1.29 is 9.53 Å². The van der Waals surface area contributed by atoms with Gasteiger partial charge in [0, 0.05) is 25.7 Å². The lowest BCUT2D eigenvalue weighted by molar-refractivity contribution is -0.145. The molecule has 0 radical (unpaired) electrons. The number of carbonyl (C=O) groups excluding carboxylic acids is 1. The molecule has 2 aliphatic heterocycles. The Morgan fingerprint density at radius 1 is 1.50 bits per heavy atom. The molecule has 1 aromatic heterocycles. The highest BCUT2D eigenvalue weighted by atomic mass is 16.6. The minimum atomic E-state index is -0.0941. The summed E-state index contributed by atoms with van der Waals surface area (Å²) in [4.78, 5) is 22.6. The molecule has 3 rings (SSSR count). The van der Waals surface area contributed by atoms with Gasteiger partial charge in [-0.05, 0) is 25.8 Å². The molecule has 2 atom stereocenters. The number of fused-ring (bicyclic) bond motifs is 1. The Labute approximate surface area is 106 Å². The second-order valence-corrected chi connectivity index (χ2v) is 5.11. The van der Waals surface area contributed by atoms with Gasteiger partial charge < -0.3 is 4.74 Å². The van der Waals surface area contributed by atoms with Crippen LogP contribution in [0.3, 0.4) is 0 Å². The predicted molar refractivity (Wildman–Crippen MR) is 64.8 cm³/mol. The highest BCUT2D eigenvalue weighted by molar-refractivity contribution is 5.78. The third-order valence-electron chi connectivity index (χ3n) is 3.68. The van der Waals surface area contributed by atoms with Crippen molar-refractivity contribution in [3.63, 3.8) is 0 Å². The minimum absolute atomic E-state index is 0.0380. The first-order valence-corrected chi connectivity index (χ1v) is 6.39. The van der Waals surface area contributed by atoms with Gasteiger partial charge in [-0.15, -0.1) is 0 Å². The normalized spacial score (nSPS) is 28.0. The average molecular weight is 247 g/mol. The van der Waals surface area contributed by atoms with E-state index in [1.807, 2.05) is 20.0 Å². The van der Waals surface area contributed by atoms with E-state index in [2.05, 4.69) is 14.9 Å². The van der Waals surface area contributed by atoms with Crippen molar-refractivity contribution in [1.82, 2.24) is 14.9 Å². The average Bonchev–Trinajstić information content (AvgIpc) is 2.67. The van der Waals surface area contributed by atoms with E-state index in [1.54, 1.807) is 0 Å². The van der Waals surface area contributed by atoms with Gasteiger partial charge in [0.2, 0.25) is 0 Å². The van der Waals surface area contributed by atoms with Crippen molar-refractivity contribution in [1.29, 1.82) is 0 Å². The standard InChI is InChI=1S/C13H17N3O2/c1-8-5-12(13(17)18-8)16-4-3-10-6-14-9(2)15-11(10)7-16/h6,8,12H,3-5,7H2,1-2H3/t8-,12+/m0/s1. The fourth-order valence-electron chi connectivity index (χ4n) is 2.72. The maximum Gasteiger partial charge on any atom is 0.323 e. The van der Waals surface area contributed by atoms with E-state index < -0.39 is 0 Å². The zero-order chi connectivity index (χ0) is 12.7. The lowest BCUT2D eigenvalue weighted by atomic mass is 10.0. The van der Waals surface area contributed by atoms with Crippen molar-refractivity contribution >= 4 is 5.97 Å². The topological polar surface area (TPSA) is 55.3 Å². The van der Waals surface area contributed by atoms with Crippen LogP contribution in [-0.2, 0) is 22.5 Å². The van der Waals surface area contributed by atoms with Crippen LogP contribution in [0.5, 0.6) is 0 Å². The molecule has 96 valence electrons. The van der Waals surface area contributed by atoms with Crippen molar-refractivity contribution in [3.8, 4) is 0 Å². The molecule has 0 N–H and O–H groups in total. The molecule has 5 heteroatoms. The lowest BCUT2D eigenvalue weighted by Crippen LogP contribution is -2.42. The van der Waals surface area contributed by atoms with E-state index in [1.165, 1.54) is 5.56 Å². The summed E-state index contributed by atoms with van der Waals surface area (Å²) < 4.78 is 5.23. The van der Waals surface area contributed by atoms with Crippen LogP contribution in [0.4, 0.5) is 0 Å². The molecule has 18 heavy (non-hydrogen) atoms. The number of hydrogen-bond acceptors (Lipinski definition) is 5. The van der Waals surface area contributed by atoms with E-state index in [0.29, 0.717) is 0 Å². The Kier molecular flexibility index (Phi) is 2.78.